The van der Waals surface area contributed by atoms with Crippen LogP contribution in [0, 0.1) is 11.7 Å². The maximum atomic E-state index is 13.3. The number of hydrogen-bond acceptors (Lipinski definition) is 5. The number of ether oxygens (including phenoxy) is 2. The molecule has 0 radical (unpaired) electrons. The lowest BCUT2D eigenvalue weighted by Gasteiger charge is -2.14. The number of fused-ring (bicyclic) bond motifs is 1. The highest BCUT2D eigenvalue weighted by atomic mass is 19.1. The first-order valence-electron chi connectivity index (χ1n) is 7.27. The van der Waals surface area contributed by atoms with Crippen molar-refractivity contribution in [1.29, 1.82) is 0 Å². The quantitative estimate of drug-likeness (QED) is 0.941. The predicted octanol–water partition coefficient (Wildman–Crippen LogP) is 2.68. The Kier molecular flexibility index (Phi) is 4.37. The molecule has 2 aromatic rings. The van der Waals surface area contributed by atoms with Gasteiger partial charge in [-0.1, -0.05) is 18.2 Å². The minimum Gasteiger partial charge on any atom is -0.493 e. The molecule has 1 aliphatic rings. The van der Waals surface area contributed by atoms with E-state index >= 15 is 0 Å². The number of methoxy groups -OCH3 is 1. The Morgan fingerprint density at radius 3 is 3.14 bits per heavy atom. The van der Waals surface area contributed by atoms with Crippen molar-refractivity contribution in [3.05, 3.63) is 41.8 Å². The van der Waals surface area contributed by atoms with Crippen molar-refractivity contribution < 1.29 is 13.9 Å². The van der Waals surface area contributed by atoms with Gasteiger partial charge < -0.3 is 14.8 Å². The van der Waals surface area contributed by atoms with Crippen LogP contribution in [0.5, 0.6) is 11.6 Å². The second-order valence-electron chi connectivity index (χ2n) is 5.25. The minimum atomic E-state index is -0.565. The Hall–Kier alpha value is -2.37. The van der Waals surface area contributed by atoms with Gasteiger partial charge in [0.25, 0.3) is 5.88 Å². The van der Waals surface area contributed by atoms with Crippen LogP contribution >= 0.6 is 0 Å². The van der Waals surface area contributed by atoms with Crippen molar-refractivity contribution in [2.75, 3.05) is 25.6 Å². The molecule has 0 aliphatic carbocycles. The van der Waals surface area contributed by atoms with Crippen LogP contribution in [0.15, 0.2) is 30.5 Å². The summed E-state index contributed by atoms with van der Waals surface area (Å²) < 4.78 is 23.9. The van der Waals surface area contributed by atoms with Gasteiger partial charge >= 0.3 is 0 Å². The third-order valence-corrected chi connectivity index (χ3v) is 3.72. The number of benzene rings is 1. The van der Waals surface area contributed by atoms with Crippen LogP contribution < -0.4 is 14.8 Å². The molecule has 1 atom stereocenters. The van der Waals surface area contributed by atoms with Gasteiger partial charge in [-0.25, -0.2) is 4.98 Å². The third-order valence-electron chi connectivity index (χ3n) is 3.72. The monoisotopic (exact) mass is 303 g/mol. The predicted molar refractivity (Wildman–Crippen MR) is 80.8 cm³/mol. The van der Waals surface area contributed by atoms with Crippen molar-refractivity contribution in [3.8, 4) is 11.6 Å². The van der Waals surface area contributed by atoms with E-state index in [2.05, 4.69) is 21.4 Å². The van der Waals surface area contributed by atoms with Gasteiger partial charge in [-0.05, 0) is 30.4 Å². The number of para-hydroxylation sites is 1. The molecule has 1 aromatic heterocycles. The number of rotatable bonds is 4. The van der Waals surface area contributed by atoms with E-state index in [1.807, 2.05) is 18.2 Å². The Labute approximate surface area is 128 Å². The molecule has 0 spiro atoms. The second kappa shape index (κ2) is 6.60. The highest BCUT2D eigenvalue weighted by Crippen LogP contribution is 2.26. The molecular formula is C16H18FN3O2. The zero-order valence-corrected chi connectivity index (χ0v) is 12.4. The van der Waals surface area contributed by atoms with E-state index in [9.17, 15) is 4.39 Å². The van der Waals surface area contributed by atoms with E-state index in [1.54, 1.807) is 0 Å². The van der Waals surface area contributed by atoms with E-state index in [1.165, 1.54) is 12.7 Å². The molecule has 3 rings (SSSR count). The number of hydrogen-bond donors (Lipinski definition) is 1. The molecule has 2 heterocycles. The molecular weight excluding hydrogens is 285 g/mol. The largest absolute Gasteiger partial charge is 0.493 e. The van der Waals surface area contributed by atoms with Gasteiger partial charge in [-0.15, -0.1) is 0 Å². The zero-order valence-electron chi connectivity index (χ0n) is 12.4. The fourth-order valence-electron chi connectivity index (χ4n) is 2.55. The van der Waals surface area contributed by atoms with E-state index in [0.29, 0.717) is 25.0 Å². The summed E-state index contributed by atoms with van der Waals surface area (Å²) in [5.74, 6) is 1.13. The van der Waals surface area contributed by atoms with Gasteiger partial charge in [0.15, 0.2) is 0 Å². The highest BCUT2D eigenvalue weighted by molar-refractivity contribution is 5.35. The molecule has 116 valence electrons. The third kappa shape index (κ3) is 3.27. The van der Waals surface area contributed by atoms with Gasteiger partial charge in [-0.2, -0.15) is 9.37 Å². The Bertz CT molecular complexity index is 651. The lowest BCUT2D eigenvalue weighted by molar-refractivity contribution is 0.298. The smallest absolute Gasteiger partial charge is 0.255 e. The summed E-state index contributed by atoms with van der Waals surface area (Å²) in [6, 6.07) is 8.09. The summed E-state index contributed by atoms with van der Waals surface area (Å²) in [5.41, 5.74) is 1.21. The molecule has 0 bridgehead atoms. The van der Waals surface area contributed by atoms with E-state index < -0.39 is 5.82 Å². The Balaban J connectivity index is 1.64. The number of nitrogens with zero attached hydrogens (tertiary/aromatic N) is 2. The maximum Gasteiger partial charge on any atom is 0.255 e. The van der Waals surface area contributed by atoms with Crippen LogP contribution in [-0.4, -0.2) is 30.2 Å². The van der Waals surface area contributed by atoms with Crippen LogP contribution in [0.4, 0.5) is 10.3 Å². The molecule has 0 saturated carbocycles. The number of halogens is 1. The normalized spacial score (nSPS) is 17.1. The van der Waals surface area contributed by atoms with Crippen molar-refractivity contribution in [2.45, 2.75) is 12.8 Å². The fraction of sp³-hybridized carbons (Fsp3) is 0.375. The number of nitrogens with one attached hydrogen (secondary N) is 1. The molecule has 0 saturated heterocycles. The fourth-order valence-corrected chi connectivity index (χ4v) is 2.55. The van der Waals surface area contributed by atoms with Crippen molar-refractivity contribution in [1.82, 2.24) is 9.97 Å². The molecule has 1 aromatic carbocycles. The summed E-state index contributed by atoms with van der Waals surface area (Å²) >= 11 is 0. The van der Waals surface area contributed by atoms with Crippen molar-refractivity contribution >= 4 is 5.95 Å². The molecule has 6 heteroatoms. The zero-order chi connectivity index (χ0) is 15.4. The lowest BCUT2D eigenvalue weighted by atomic mass is 9.97. The molecule has 0 fully saturated rings. The first-order valence-corrected chi connectivity index (χ1v) is 7.27. The van der Waals surface area contributed by atoms with Crippen LogP contribution in [0.25, 0.3) is 0 Å². The Morgan fingerprint density at radius 2 is 2.27 bits per heavy atom. The van der Waals surface area contributed by atoms with Gasteiger partial charge in [-0.3, -0.25) is 0 Å². The van der Waals surface area contributed by atoms with Crippen LogP contribution in [0.2, 0.25) is 0 Å². The van der Waals surface area contributed by atoms with E-state index in [0.717, 1.165) is 24.8 Å². The molecule has 0 amide bonds. The molecule has 1 N–H and O–H groups in total. The topological polar surface area (TPSA) is 56.3 Å². The standard InChI is InChI=1S/C16H18FN3O2/c1-21-15-13(17)10-19-16(20-15)18-9-11-6-7-22-14-5-3-2-4-12(14)8-11/h2-5,10-11H,6-9H2,1H3,(H,18,19,20). The summed E-state index contributed by atoms with van der Waals surface area (Å²) in [7, 11) is 1.38. The average molecular weight is 303 g/mol. The summed E-state index contributed by atoms with van der Waals surface area (Å²) in [6.07, 6.45) is 2.99. The number of aromatic nitrogens is 2. The van der Waals surface area contributed by atoms with E-state index in [-0.39, 0.29) is 5.88 Å². The van der Waals surface area contributed by atoms with Crippen LogP contribution in [0.1, 0.15) is 12.0 Å². The first kappa shape index (κ1) is 14.6. The maximum absolute atomic E-state index is 13.3. The van der Waals surface area contributed by atoms with Gasteiger partial charge in [0.05, 0.1) is 19.9 Å². The molecule has 1 unspecified atom stereocenters. The molecule has 22 heavy (non-hydrogen) atoms. The average Bonchev–Trinajstić information content (AvgIpc) is 2.76. The second-order valence-corrected chi connectivity index (χ2v) is 5.25. The number of anilines is 1. The van der Waals surface area contributed by atoms with Crippen LogP contribution in [-0.2, 0) is 6.42 Å². The Morgan fingerprint density at radius 1 is 1.41 bits per heavy atom. The van der Waals surface area contributed by atoms with E-state index in [4.69, 9.17) is 9.47 Å². The lowest BCUT2D eigenvalue weighted by Crippen LogP contribution is -2.18. The SMILES string of the molecule is COc1nc(NCC2CCOc3ccccc3C2)ncc1F. The summed E-state index contributed by atoms with van der Waals surface area (Å²) in [5, 5.41) is 3.15. The molecule has 1 aliphatic heterocycles. The van der Waals surface area contributed by atoms with Crippen molar-refractivity contribution in [2.24, 2.45) is 5.92 Å². The summed E-state index contributed by atoms with van der Waals surface area (Å²) in [4.78, 5) is 7.92. The van der Waals surface area contributed by atoms with Crippen LogP contribution in [0.3, 0.4) is 0 Å². The molecule has 5 nitrogen and oxygen atoms in total. The highest BCUT2D eigenvalue weighted by Gasteiger charge is 2.17. The first-order chi connectivity index (χ1) is 10.8. The van der Waals surface area contributed by atoms with Gasteiger partial charge in [0.1, 0.15) is 5.75 Å². The van der Waals surface area contributed by atoms with Gasteiger partial charge in [0, 0.05) is 6.54 Å². The van der Waals surface area contributed by atoms with Gasteiger partial charge in [0.2, 0.25) is 11.8 Å². The summed E-state index contributed by atoms with van der Waals surface area (Å²) in [6.45, 7) is 1.39. The van der Waals surface area contributed by atoms with Crippen molar-refractivity contribution in [3.63, 3.8) is 0 Å². The minimum absolute atomic E-state index is 0.0490.